The van der Waals surface area contributed by atoms with Crippen molar-refractivity contribution in [1.82, 2.24) is 4.98 Å². The van der Waals surface area contributed by atoms with Gasteiger partial charge in [-0.3, -0.25) is 0 Å². The summed E-state index contributed by atoms with van der Waals surface area (Å²) < 4.78 is 15.1. The minimum atomic E-state index is -0.145. The number of nitrogens with zero attached hydrogens (tertiary/aromatic N) is 2. The predicted octanol–water partition coefficient (Wildman–Crippen LogP) is 3.97. The lowest BCUT2D eigenvalue weighted by Crippen LogP contribution is -2.29. The highest BCUT2D eigenvalue weighted by Gasteiger charge is 2.20. The lowest BCUT2D eigenvalue weighted by molar-refractivity contribution is 0.598. The molecule has 0 spiro atoms. The van der Waals surface area contributed by atoms with Crippen LogP contribution in [0.5, 0.6) is 0 Å². The minimum Gasteiger partial charge on any atom is -0.375 e. The van der Waals surface area contributed by atoms with Crippen LogP contribution in [-0.4, -0.2) is 11.5 Å². The smallest absolute Gasteiger partial charge is 0.181 e. The van der Waals surface area contributed by atoms with Crippen LogP contribution in [-0.2, 0) is 13.0 Å². The van der Waals surface area contributed by atoms with Gasteiger partial charge in [0.2, 0.25) is 0 Å². The molecule has 0 radical (unpaired) electrons. The van der Waals surface area contributed by atoms with Crippen LogP contribution in [0, 0.1) is 5.82 Å². The summed E-state index contributed by atoms with van der Waals surface area (Å²) in [4.78, 5) is 6.62. The Balaban J connectivity index is 1.75. The number of anilines is 2. The van der Waals surface area contributed by atoms with Crippen LogP contribution < -0.4 is 10.6 Å². The van der Waals surface area contributed by atoms with Crippen LogP contribution >= 0.6 is 11.3 Å². The van der Waals surface area contributed by atoms with Gasteiger partial charge in [0.15, 0.2) is 5.13 Å². The van der Waals surface area contributed by atoms with Crippen molar-refractivity contribution in [3.05, 3.63) is 53.3 Å². The molecule has 0 amide bonds. The maximum Gasteiger partial charge on any atom is 0.181 e. The van der Waals surface area contributed by atoms with Gasteiger partial charge in [-0.05, 0) is 36.6 Å². The normalized spacial score (nSPS) is 14.3. The van der Waals surface area contributed by atoms with Gasteiger partial charge in [0.1, 0.15) is 5.82 Å². The van der Waals surface area contributed by atoms with Gasteiger partial charge < -0.3 is 10.6 Å². The molecule has 0 unspecified atom stereocenters. The van der Waals surface area contributed by atoms with Gasteiger partial charge in [0.05, 0.1) is 10.2 Å². The van der Waals surface area contributed by atoms with Crippen molar-refractivity contribution in [2.45, 2.75) is 19.4 Å². The van der Waals surface area contributed by atoms with Crippen molar-refractivity contribution in [1.29, 1.82) is 0 Å². The lowest BCUT2D eigenvalue weighted by atomic mass is 10.0. The predicted molar refractivity (Wildman–Crippen MR) is 89.8 cm³/mol. The maximum absolute atomic E-state index is 13.9. The molecule has 4 rings (SSSR count). The van der Waals surface area contributed by atoms with Crippen LogP contribution in [0.3, 0.4) is 0 Å². The maximum atomic E-state index is 13.9. The highest BCUT2D eigenvalue weighted by atomic mass is 32.1. The zero-order valence-corrected chi connectivity index (χ0v) is 12.9. The van der Waals surface area contributed by atoms with Crippen LogP contribution in [0.25, 0.3) is 10.2 Å². The van der Waals surface area contributed by atoms with Crippen molar-refractivity contribution < 1.29 is 4.39 Å². The van der Waals surface area contributed by atoms with Crippen molar-refractivity contribution >= 4 is 32.4 Å². The first-order chi connectivity index (χ1) is 10.7. The van der Waals surface area contributed by atoms with Gasteiger partial charge in [-0.15, -0.1) is 0 Å². The molecule has 0 bridgehead atoms. The second-order valence-electron chi connectivity index (χ2n) is 5.62. The Kier molecular flexibility index (Phi) is 3.22. The van der Waals surface area contributed by atoms with Crippen LogP contribution in [0.1, 0.15) is 17.5 Å². The van der Waals surface area contributed by atoms with Gasteiger partial charge in [0, 0.05) is 24.3 Å². The van der Waals surface area contributed by atoms with E-state index in [1.54, 1.807) is 6.07 Å². The lowest BCUT2D eigenvalue weighted by Gasteiger charge is -2.31. The van der Waals surface area contributed by atoms with E-state index in [9.17, 15) is 4.39 Å². The van der Waals surface area contributed by atoms with Gasteiger partial charge in [-0.1, -0.05) is 29.5 Å². The van der Waals surface area contributed by atoms with Crippen molar-refractivity contribution in [3.63, 3.8) is 0 Å². The quantitative estimate of drug-likeness (QED) is 0.778. The van der Waals surface area contributed by atoms with E-state index in [1.807, 2.05) is 12.1 Å². The molecule has 1 aliphatic heterocycles. The number of rotatable bonds is 2. The van der Waals surface area contributed by atoms with Gasteiger partial charge in [-0.2, -0.15) is 0 Å². The molecule has 1 aliphatic rings. The monoisotopic (exact) mass is 313 g/mol. The SMILES string of the molecule is Nc1nc2cc3c(cc2s1)CCCN3Cc1ccccc1F. The number of benzene rings is 2. The van der Waals surface area contributed by atoms with Crippen molar-refractivity contribution in [2.75, 3.05) is 17.2 Å². The first kappa shape index (κ1) is 13.5. The summed E-state index contributed by atoms with van der Waals surface area (Å²) in [6.07, 6.45) is 2.14. The number of hydrogen-bond donors (Lipinski definition) is 1. The number of aromatic nitrogens is 1. The fourth-order valence-electron chi connectivity index (χ4n) is 3.09. The third kappa shape index (κ3) is 2.31. The molecule has 2 heterocycles. The fraction of sp³-hybridized carbons (Fsp3) is 0.235. The van der Waals surface area contributed by atoms with Crippen LogP contribution in [0.15, 0.2) is 36.4 Å². The largest absolute Gasteiger partial charge is 0.375 e. The molecule has 112 valence electrons. The molecule has 3 aromatic rings. The molecular weight excluding hydrogens is 297 g/mol. The third-order valence-corrected chi connectivity index (χ3v) is 4.99. The van der Waals surface area contributed by atoms with Gasteiger partial charge in [0.25, 0.3) is 0 Å². The highest BCUT2D eigenvalue weighted by Crippen LogP contribution is 2.35. The molecule has 5 heteroatoms. The number of halogens is 1. The van der Waals surface area contributed by atoms with E-state index in [2.05, 4.69) is 22.0 Å². The summed E-state index contributed by atoms with van der Waals surface area (Å²) in [5.74, 6) is -0.145. The molecule has 2 aromatic carbocycles. The zero-order valence-electron chi connectivity index (χ0n) is 12.1. The van der Waals surface area contributed by atoms with E-state index in [-0.39, 0.29) is 5.82 Å². The topological polar surface area (TPSA) is 42.1 Å². The molecule has 0 saturated heterocycles. The molecule has 3 nitrogen and oxygen atoms in total. The number of fused-ring (bicyclic) bond motifs is 2. The first-order valence-electron chi connectivity index (χ1n) is 7.38. The molecule has 2 N–H and O–H groups in total. The standard InChI is InChI=1S/C17H16FN3S/c18-13-6-2-1-4-12(13)10-21-7-3-5-11-8-16-14(9-15(11)21)20-17(19)22-16/h1-2,4,6,8-9H,3,5,7,10H2,(H2,19,20). The zero-order chi connectivity index (χ0) is 15.1. The third-order valence-electron chi connectivity index (χ3n) is 4.14. The van der Waals surface area contributed by atoms with Gasteiger partial charge >= 0.3 is 0 Å². The van der Waals surface area contributed by atoms with E-state index in [0.29, 0.717) is 11.7 Å². The Morgan fingerprint density at radius 1 is 1.27 bits per heavy atom. The second-order valence-corrected chi connectivity index (χ2v) is 6.68. The molecule has 0 fully saturated rings. The molecule has 22 heavy (non-hydrogen) atoms. The van der Waals surface area contributed by atoms with Crippen LogP contribution in [0.4, 0.5) is 15.2 Å². The second kappa shape index (κ2) is 5.25. The van der Waals surface area contributed by atoms with E-state index >= 15 is 0 Å². The summed E-state index contributed by atoms with van der Waals surface area (Å²) >= 11 is 1.52. The molecule has 0 aliphatic carbocycles. The number of hydrogen-bond acceptors (Lipinski definition) is 4. The van der Waals surface area contributed by atoms with Crippen molar-refractivity contribution in [3.8, 4) is 0 Å². The van der Waals surface area contributed by atoms with E-state index < -0.39 is 0 Å². The number of aryl methyl sites for hydroxylation is 1. The number of nitrogens with two attached hydrogens (primary N) is 1. The summed E-state index contributed by atoms with van der Waals surface area (Å²) in [6, 6.07) is 11.3. The summed E-state index contributed by atoms with van der Waals surface area (Å²) in [5.41, 5.74) is 9.94. The molecule has 1 aromatic heterocycles. The Morgan fingerprint density at radius 3 is 3.00 bits per heavy atom. The average Bonchev–Trinajstić information content (AvgIpc) is 2.87. The van der Waals surface area contributed by atoms with E-state index in [0.717, 1.165) is 40.9 Å². The van der Waals surface area contributed by atoms with E-state index in [4.69, 9.17) is 5.73 Å². The number of thiazole rings is 1. The summed E-state index contributed by atoms with van der Waals surface area (Å²) in [6.45, 7) is 1.53. The molecule has 0 saturated carbocycles. The summed E-state index contributed by atoms with van der Waals surface area (Å²) in [7, 11) is 0. The Bertz CT molecular complexity index is 843. The van der Waals surface area contributed by atoms with Gasteiger partial charge in [-0.25, -0.2) is 9.37 Å². The van der Waals surface area contributed by atoms with Crippen LogP contribution in [0.2, 0.25) is 0 Å². The number of nitrogen functional groups attached to an aromatic ring is 1. The Morgan fingerprint density at radius 2 is 2.14 bits per heavy atom. The minimum absolute atomic E-state index is 0.145. The molecular formula is C17H16FN3S. The van der Waals surface area contributed by atoms with E-state index in [1.165, 1.54) is 23.0 Å². The Hall–Kier alpha value is -2.14. The average molecular weight is 313 g/mol. The fourth-order valence-corrected chi connectivity index (χ4v) is 3.87. The summed E-state index contributed by atoms with van der Waals surface area (Å²) in [5, 5.41) is 0.595. The Labute approximate surface area is 132 Å². The first-order valence-corrected chi connectivity index (χ1v) is 8.19. The highest BCUT2D eigenvalue weighted by molar-refractivity contribution is 7.22. The molecule has 0 atom stereocenters. The van der Waals surface area contributed by atoms with Crippen molar-refractivity contribution in [2.24, 2.45) is 0 Å².